The number of para-hydroxylation sites is 1. The fourth-order valence-corrected chi connectivity index (χ4v) is 5.19. The van der Waals surface area contributed by atoms with Gasteiger partial charge in [0, 0.05) is 19.6 Å². The van der Waals surface area contributed by atoms with Gasteiger partial charge in [-0.1, -0.05) is 31.2 Å². The Bertz CT molecular complexity index is 1300. The van der Waals surface area contributed by atoms with Crippen LogP contribution in [-0.4, -0.2) is 71.1 Å². The first kappa shape index (κ1) is 28.0. The maximum absolute atomic E-state index is 14.0. The van der Waals surface area contributed by atoms with E-state index in [9.17, 15) is 13.6 Å². The van der Waals surface area contributed by atoms with Crippen LogP contribution in [-0.2, 0) is 4.84 Å². The molecule has 5 rings (SSSR count). The number of hydrogen-bond donors (Lipinski definition) is 2. The second kappa shape index (κ2) is 12.8. The van der Waals surface area contributed by atoms with Crippen LogP contribution >= 0.6 is 0 Å². The van der Waals surface area contributed by atoms with Gasteiger partial charge in [0.25, 0.3) is 0 Å². The van der Waals surface area contributed by atoms with Crippen molar-refractivity contribution in [2.45, 2.75) is 45.3 Å². The molecule has 2 aliphatic heterocycles. The zero-order chi connectivity index (χ0) is 28.1. The lowest BCUT2D eigenvalue weighted by molar-refractivity contribution is -0.144. The third-order valence-corrected chi connectivity index (χ3v) is 7.34. The number of nitrogens with zero attached hydrogens (tertiary/aromatic N) is 4. The minimum absolute atomic E-state index is 0.385. The van der Waals surface area contributed by atoms with Crippen molar-refractivity contribution in [3.8, 4) is 11.6 Å². The molecule has 2 fully saturated rings. The molecule has 0 radical (unpaired) electrons. The topological polar surface area (TPSA) is 83.9 Å². The quantitative estimate of drug-likeness (QED) is 0.350. The Balaban J connectivity index is 1.30. The normalized spacial score (nSPS) is 19.7. The number of anilines is 1. The lowest BCUT2D eigenvalue weighted by atomic mass is 10.0. The Morgan fingerprint density at radius 1 is 1.12 bits per heavy atom. The van der Waals surface area contributed by atoms with Crippen LogP contribution in [0.4, 0.5) is 19.4 Å². The third kappa shape index (κ3) is 6.43. The van der Waals surface area contributed by atoms with Gasteiger partial charge in [-0.3, -0.25) is 10.2 Å². The average molecular weight is 555 g/mol. The van der Waals surface area contributed by atoms with Crippen LogP contribution in [0.15, 0.2) is 48.5 Å². The van der Waals surface area contributed by atoms with Gasteiger partial charge in [-0.25, -0.2) is 18.3 Å². The van der Waals surface area contributed by atoms with Crippen molar-refractivity contribution in [3.63, 3.8) is 0 Å². The van der Waals surface area contributed by atoms with Crippen molar-refractivity contribution >= 4 is 11.8 Å². The number of hydroxylamine groups is 2. The van der Waals surface area contributed by atoms with Gasteiger partial charge in [0.1, 0.15) is 11.9 Å². The summed E-state index contributed by atoms with van der Waals surface area (Å²) in [6, 6.07) is 12.2. The van der Waals surface area contributed by atoms with Gasteiger partial charge < -0.3 is 15.0 Å². The molecule has 3 aromatic rings. The molecule has 1 aromatic heterocycles. The molecule has 2 amide bonds. The molecule has 0 spiro atoms. The highest BCUT2D eigenvalue weighted by molar-refractivity contribution is 5.90. The lowest BCUT2D eigenvalue weighted by Gasteiger charge is -2.19. The van der Waals surface area contributed by atoms with Crippen molar-refractivity contribution < 1.29 is 23.1 Å². The maximum atomic E-state index is 14.0. The Hall–Kier alpha value is -3.54. The van der Waals surface area contributed by atoms with E-state index in [2.05, 4.69) is 20.6 Å². The first-order chi connectivity index (χ1) is 19.4. The third-order valence-electron chi connectivity index (χ3n) is 7.34. The van der Waals surface area contributed by atoms with E-state index in [-0.39, 0.29) is 0 Å². The highest BCUT2D eigenvalue weighted by Crippen LogP contribution is 2.31. The number of likely N-dealkylation sites (N-methyl/N-ethyl adjacent to an activating group) is 1. The van der Waals surface area contributed by atoms with Gasteiger partial charge >= 0.3 is 6.03 Å². The van der Waals surface area contributed by atoms with Gasteiger partial charge in [-0.2, -0.15) is 5.06 Å². The minimum Gasteiger partial charge on any atom is -0.476 e. The van der Waals surface area contributed by atoms with Gasteiger partial charge in [0.15, 0.2) is 11.6 Å². The zero-order valence-electron chi connectivity index (χ0n) is 22.9. The molecule has 0 aliphatic carbocycles. The molecule has 2 aromatic carbocycles. The van der Waals surface area contributed by atoms with E-state index in [4.69, 9.17) is 9.57 Å². The number of carbonyl (C=O) groups excluding carboxylic acids is 1. The van der Waals surface area contributed by atoms with Gasteiger partial charge in [0.2, 0.25) is 5.88 Å². The summed E-state index contributed by atoms with van der Waals surface area (Å²) in [4.78, 5) is 21.7. The van der Waals surface area contributed by atoms with Crippen LogP contribution < -0.4 is 15.4 Å². The lowest BCUT2D eigenvalue weighted by Crippen LogP contribution is -2.42. The number of urea groups is 1. The summed E-state index contributed by atoms with van der Waals surface area (Å²) in [6.07, 6.45) is 2.73. The average Bonchev–Trinajstić information content (AvgIpc) is 3.69. The molecular formula is C29H36F2N6O3. The highest BCUT2D eigenvalue weighted by atomic mass is 19.2. The molecule has 11 heteroatoms. The number of benzene rings is 2. The smallest absolute Gasteiger partial charge is 0.320 e. The Morgan fingerprint density at radius 3 is 2.62 bits per heavy atom. The van der Waals surface area contributed by atoms with Crippen LogP contribution in [0.5, 0.6) is 5.88 Å². The minimum atomic E-state index is -0.963. The van der Waals surface area contributed by atoms with Gasteiger partial charge in [-0.15, -0.1) is 5.10 Å². The monoisotopic (exact) mass is 554 g/mol. The van der Waals surface area contributed by atoms with E-state index in [1.165, 1.54) is 18.9 Å². The number of amides is 2. The molecule has 0 bridgehead atoms. The number of aromatic nitrogens is 2. The number of carbonyl (C=O) groups is 1. The number of rotatable bonds is 10. The molecule has 40 heavy (non-hydrogen) atoms. The van der Waals surface area contributed by atoms with E-state index < -0.39 is 29.8 Å². The van der Waals surface area contributed by atoms with E-state index in [1.807, 2.05) is 44.2 Å². The summed E-state index contributed by atoms with van der Waals surface area (Å²) in [6.45, 7) is 8.53. The summed E-state index contributed by atoms with van der Waals surface area (Å²) in [7, 11) is 0. The van der Waals surface area contributed by atoms with Crippen molar-refractivity contribution in [2.75, 3.05) is 44.6 Å². The molecule has 2 N–H and O–H groups in total. The van der Waals surface area contributed by atoms with E-state index in [0.717, 1.165) is 43.9 Å². The molecule has 2 aliphatic rings. The molecule has 9 nitrogen and oxygen atoms in total. The summed E-state index contributed by atoms with van der Waals surface area (Å²) >= 11 is 0. The molecule has 3 heterocycles. The van der Waals surface area contributed by atoms with E-state index in [1.54, 1.807) is 9.75 Å². The predicted molar refractivity (Wildman–Crippen MR) is 147 cm³/mol. The van der Waals surface area contributed by atoms with Crippen molar-refractivity contribution in [1.29, 1.82) is 0 Å². The standard InChI is InChI=1S/C29H36F2N6O3/c1-3-36-19-25(26(40-36)21-12-13-23(30)24(31)18-21)32-29(38)33-27-20(2)28(34-37(27)22-10-5-4-6-11-22)39-17-9-16-35-14-7-8-15-35/h4-6,10-13,18,25-26H,3,7-9,14-17,19H2,1-2H3,(H2,32,33,38)/t25-,26+/m1/s1. The number of hydrogen-bond acceptors (Lipinski definition) is 6. The summed E-state index contributed by atoms with van der Waals surface area (Å²) in [5.74, 6) is -0.958. The number of likely N-dealkylation sites (tertiary alicyclic amines) is 1. The maximum Gasteiger partial charge on any atom is 0.320 e. The Morgan fingerprint density at radius 2 is 1.90 bits per heavy atom. The highest BCUT2D eigenvalue weighted by Gasteiger charge is 2.36. The van der Waals surface area contributed by atoms with Gasteiger partial charge in [0.05, 0.1) is 23.9 Å². The van der Waals surface area contributed by atoms with Crippen LogP contribution in [0.1, 0.15) is 43.4 Å². The number of halogens is 2. The summed E-state index contributed by atoms with van der Waals surface area (Å²) < 4.78 is 35.2. The van der Waals surface area contributed by atoms with Crippen LogP contribution in [0, 0.1) is 18.6 Å². The fourth-order valence-electron chi connectivity index (χ4n) is 5.19. The zero-order valence-corrected chi connectivity index (χ0v) is 22.9. The molecular weight excluding hydrogens is 518 g/mol. The van der Waals surface area contributed by atoms with Crippen molar-refractivity contribution in [1.82, 2.24) is 25.1 Å². The van der Waals surface area contributed by atoms with Crippen LogP contribution in [0.25, 0.3) is 5.69 Å². The van der Waals surface area contributed by atoms with Crippen LogP contribution in [0.3, 0.4) is 0 Å². The molecule has 214 valence electrons. The summed E-state index contributed by atoms with van der Waals surface area (Å²) in [5.41, 5.74) is 1.92. The Kier molecular flexibility index (Phi) is 8.93. The van der Waals surface area contributed by atoms with Gasteiger partial charge in [-0.05, 0) is 69.1 Å². The molecule has 0 unspecified atom stereocenters. The largest absolute Gasteiger partial charge is 0.476 e. The van der Waals surface area contributed by atoms with Crippen LogP contribution in [0.2, 0.25) is 0 Å². The second-order valence-corrected chi connectivity index (χ2v) is 10.2. The Labute approximate surface area is 233 Å². The molecule has 2 atom stereocenters. The first-order valence-corrected chi connectivity index (χ1v) is 13.9. The van der Waals surface area contributed by atoms with Crippen molar-refractivity contribution in [3.05, 3.63) is 71.3 Å². The van der Waals surface area contributed by atoms with E-state index in [0.29, 0.717) is 42.5 Å². The molecule has 2 saturated heterocycles. The summed E-state index contributed by atoms with van der Waals surface area (Å²) in [5, 5.41) is 12.2. The first-order valence-electron chi connectivity index (χ1n) is 13.9. The van der Waals surface area contributed by atoms with E-state index >= 15 is 0 Å². The van der Waals surface area contributed by atoms with Crippen molar-refractivity contribution in [2.24, 2.45) is 0 Å². The fraction of sp³-hybridized carbons (Fsp3) is 0.448. The SMILES string of the molecule is CCN1C[C@@H](NC(=O)Nc2c(C)c(OCCCN3CCCC3)nn2-c2ccccc2)[C@H](c2ccc(F)c(F)c2)O1. The predicted octanol–water partition coefficient (Wildman–Crippen LogP) is 4.82. The number of ether oxygens (including phenoxy) is 1. The molecule has 0 saturated carbocycles. The number of nitrogens with one attached hydrogen (secondary N) is 2. The second-order valence-electron chi connectivity index (χ2n) is 10.2.